The number of carboxylic acid groups (broad SMARTS) is 1. The third-order valence-electron chi connectivity index (χ3n) is 4.49. The highest BCUT2D eigenvalue weighted by molar-refractivity contribution is 7.16. The number of thiazole rings is 1. The summed E-state index contributed by atoms with van der Waals surface area (Å²) in [7, 11) is 0. The van der Waals surface area contributed by atoms with Crippen LogP contribution in [0.5, 0.6) is 0 Å². The largest absolute Gasteiger partial charge is 0.480 e. The zero-order valence-corrected chi connectivity index (χ0v) is 16.8. The standard InChI is InChI=1S/C20H19ClN2O3S/c1-4-15(19(25)26)23-16-8-11(2)12(3)9-17(16)27-20(23)22-18(24)13-6-5-7-14(21)10-13/h5-10,15H,4H2,1-3H3,(H,25,26). The number of aryl methyl sites for hydroxylation is 2. The number of halogens is 1. The SMILES string of the molecule is CCC(C(=O)O)n1c(=NC(=O)c2cccc(Cl)c2)sc2cc(C)c(C)cc21. The molecule has 5 nitrogen and oxygen atoms in total. The van der Waals surface area contributed by atoms with Crippen LogP contribution in [-0.2, 0) is 4.79 Å². The Hall–Kier alpha value is -2.44. The molecule has 140 valence electrons. The maximum atomic E-state index is 12.6. The van der Waals surface area contributed by atoms with Crippen molar-refractivity contribution in [3.05, 3.63) is 62.9 Å². The number of aliphatic carboxylic acids is 1. The van der Waals surface area contributed by atoms with Crippen molar-refractivity contribution < 1.29 is 14.7 Å². The van der Waals surface area contributed by atoms with Crippen LogP contribution in [0.3, 0.4) is 0 Å². The van der Waals surface area contributed by atoms with Gasteiger partial charge in [0, 0.05) is 10.6 Å². The van der Waals surface area contributed by atoms with E-state index in [1.54, 1.807) is 35.8 Å². The summed E-state index contributed by atoms with van der Waals surface area (Å²) >= 11 is 7.28. The highest BCUT2D eigenvalue weighted by Crippen LogP contribution is 2.26. The van der Waals surface area contributed by atoms with Gasteiger partial charge in [0.05, 0.1) is 10.2 Å². The zero-order chi connectivity index (χ0) is 19.7. The average molecular weight is 403 g/mol. The summed E-state index contributed by atoms with van der Waals surface area (Å²) in [6, 6.07) is 9.71. The topological polar surface area (TPSA) is 71.7 Å². The van der Waals surface area contributed by atoms with Gasteiger partial charge in [0.15, 0.2) is 4.80 Å². The van der Waals surface area contributed by atoms with E-state index in [1.807, 2.05) is 26.0 Å². The van der Waals surface area contributed by atoms with Gasteiger partial charge in [0.1, 0.15) is 6.04 Å². The Morgan fingerprint density at radius 2 is 1.93 bits per heavy atom. The maximum Gasteiger partial charge on any atom is 0.326 e. The minimum Gasteiger partial charge on any atom is -0.480 e. The van der Waals surface area contributed by atoms with E-state index >= 15 is 0 Å². The molecule has 0 saturated carbocycles. The Bertz CT molecular complexity index is 1110. The predicted molar refractivity (Wildman–Crippen MR) is 108 cm³/mol. The van der Waals surface area contributed by atoms with Crippen LogP contribution in [0.2, 0.25) is 5.02 Å². The number of carboxylic acids is 1. The Morgan fingerprint density at radius 3 is 2.56 bits per heavy atom. The predicted octanol–water partition coefficient (Wildman–Crippen LogP) is 4.75. The van der Waals surface area contributed by atoms with Gasteiger partial charge in [-0.3, -0.25) is 4.79 Å². The van der Waals surface area contributed by atoms with Crippen LogP contribution in [0.4, 0.5) is 0 Å². The number of carbonyl (C=O) groups is 2. The van der Waals surface area contributed by atoms with Gasteiger partial charge >= 0.3 is 5.97 Å². The average Bonchev–Trinajstić information content (AvgIpc) is 2.93. The first-order valence-electron chi connectivity index (χ1n) is 8.51. The lowest BCUT2D eigenvalue weighted by molar-refractivity contribution is -0.140. The smallest absolute Gasteiger partial charge is 0.326 e. The molecular weight excluding hydrogens is 384 g/mol. The number of benzene rings is 2. The Morgan fingerprint density at radius 1 is 1.22 bits per heavy atom. The van der Waals surface area contributed by atoms with Crippen LogP contribution in [-0.4, -0.2) is 21.6 Å². The van der Waals surface area contributed by atoms with Gasteiger partial charge < -0.3 is 9.67 Å². The fourth-order valence-electron chi connectivity index (χ4n) is 2.91. The van der Waals surface area contributed by atoms with Crippen molar-refractivity contribution >= 4 is 45.0 Å². The van der Waals surface area contributed by atoms with Crippen molar-refractivity contribution in [3.63, 3.8) is 0 Å². The lowest BCUT2D eigenvalue weighted by Gasteiger charge is -2.14. The number of nitrogens with zero attached hydrogens (tertiary/aromatic N) is 2. The molecular formula is C20H19ClN2O3S. The summed E-state index contributed by atoms with van der Waals surface area (Å²) in [5.74, 6) is -1.40. The summed E-state index contributed by atoms with van der Waals surface area (Å²) in [6.45, 7) is 5.78. The summed E-state index contributed by atoms with van der Waals surface area (Å²) in [5, 5.41) is 10.1. The van der Waals surface area contributed by atoms with Gasteiger partial charge in [-0.05, 0) is 61.7 Å². The van der Waals surface area contributed by atoms with Gasteiger partial charge in [-0.2, -0.15) is 4.99 Å². The lowest BCUT2D eigenvalue weighted by atomic mass is 10.1. The lowest BCUT2D eigenvalue weighted by Crippen LogP contribution is -2.27. The van der Waals surface area contributed by atoms with Gasteiger partial charge in [-0.1, -0.05) is 35.9 Å². The second-order valence-electron chi connectivity index (χ2n) is 6.35. The molecule has 0 saturated heterocycles. The first kappa shape index (κ1) is 19.3. The van der Waals surface area contributed by atoms with E-state index in [0.29, 0.717) is 21.8 Å². The molecule has 1 unspecified atom stereocenters. The molecule has 0 fully saturated rings. The normalized spacial score (nSPS) is 13.1. The molecule has 1 heterocycles. The molecule has 0 spiro atoms. The fourth-order valence-corrected chi connectivity index (χ4v) is 4.25. The maximum absolute atomic E-state index is 12.6. The van der Waals surface area contributed by atoms with E-state index in [0.717, 1.165) is 21.3 Å². The van der Waals surface area contributed by atoms with Crippen molar-refractivity contribution in [2.75, 3.05) is 0 Å². The molecule has 2 aromatic carbocycles. The molecule has 3 aromatic rings. The van der Waals surface area contributed by atoms with Crippen molar-refractivity contribution in [3.8, 4) is 0 Å². The molecule has 1 aromatic heterocycles. The first-order chi connectivity index (χ1) is 12.8. The number of fused-ring (bicyclic) bond motifs is 1. The molecule has 0 aliphatic heterocycles. The van der Waals surface area contributed by atoms with Crippen molar-refractivity contribution in [1.29, 1.82) is 0 Å². The van der Waals surface area contributed by atoms with Gasteiger partial charge in [0.25, 0.3) is 5.91 Å². The summed E-state index contributed by atoms with van der Waals surface area (Å²) in [4.78, 5) is 29.1. The second-order valence-corrected chi connectivity index (χ2v) is 7.79. The van der Waals surface area contributed by atoms with Gasteiger partial charge in [-0.15, -0.1) is 0 Å². The van der Waals surface area contributed by atoms with Crippen molar-refractivity contribution in [2.45, 2.75) is 33.2 Å². The molecule has 0 aliphatic carbocycles. The van der Waals surface area contributed by atoms with Crippen LogP contribution in [0.25, 0.3) is 10.2 Å². The Kier molecular flexibility index (Phi) is 5.48. The summed E-state index contributed by atoms with van der Waals surface area (Å²) in [6.07, 6.45) is 0.382. The minimum atomic E-state index is -0.952. The first-order valence-corrected chi connectivity index (χ1v) is 9.71. The van der Waals surface area contributed by atoms with E-state index in [2.05, 4.69) is 4.99 Å². The summed E-state index contributed by atoms with van der Waals surface area (Å²) in [5.41, 5.74) is 3.30. The van der Waals surface area contributed by atoms with E-state index in [4.69, 9.17) is 11.6 Å². The zero-order valence-electron chi connectivity index (χ0n) is 15.2. The number of carbonyl (C=O) groups excluding carboxylic acids is 1. The number of hydrogen-bond acceptors (Lipinski definition) is 3. The van der Waals surface area contributed by atoms with Crippen LogP contribution in [0, 0.1) is 13.8 Å². The molecule has 1 atom stereocenters. The molecule has 27 heavy (non-hydrogen) atoms. The quantitative estimate of drug-likeness (QED) is 0.684. The number of hydrogen-bond donors (Lipinski definition) is 1. The number of amides is 1. The van der Waals surface area contributed by atoms with Crippen molar-refractivity contribution in [2.24, 2.45) is 4.99 Å². The van der Waals surface area contributed by atoms with Crippen LogP contribution < -0.4 is 4.80 Å². The molecule has 0 aliphatic rings. The molecule has 1 N–H and O–H groups in total. The summed E-state index contributed by atoms with van der Waals surface area (Å²) < 4.78 is 2.55. The monoisotopic (exact) mass is 402 g/mol. The Labute approximate surface area is 165 Å². The second kappa shape index (κ2) is 7.66. The van der Waals surface area contributed by atoms with Crippen LogP contribution in [0.1, 0.15) is 40.9 Å². The van der Waals surface area contributed by atoms with Crippen LogP contribution in [0.15, 0.2) is 41.4 Å². The minimum absolute atomic E-state index is 0.363. The molecule has 1 amide bonds. The third-order valence-corrected chi connectivity index (χ3v) is 5.75. The van der Waals surface area contributed by atoms with Gasteiger partial charge in [0.2, 0.25) is 0 Å². The molecule has 3 rings (SSSR count). The van der Waals surface area contributed by atoms with E-state index in [9.17, 15) is 14.7 Å². The van der Waals surface area contributed by atoms with Crippen LogP contribution >= 0.6 is 22.9 Å². The molecule has 0 radical (unpaired) electrons. The number of aromatic nitrogens is 1. The number of rotatable bonds is 4. The Balaban J connectivity index is 2.28. The van der Waals surface area contributed by atoms with E-state index in [1.165, 1.54) is 11.3 Å². The third kappa shape index (κ3) is 3.82. The fraction of sp³-hybridized carbons (Fsp3) is 0.250. The highest BCUT2D eigenvalue weighted by atomic mass is 35.5. The van der Waals surface area contributed by atoms with E-state index in [-0.39, 0.29) is 0 Å². The van der Waals surface area contributed by atoms with E-state index < -0.39 is 17.9 Å². The van der Waals surface area contributed by atoms with Crippen molar-refractivity contribution in [1.82, 2.24) is 4.57 Å². The molecule has 0 bridgehead atoms. The molecule has 7 heteroatoms. The van der Waals surface area contributed by atoms with Gasteiger partial charge in [-0.25, -0.2) is 4.79 Å². The highest BCUT2D eigenvalue weighted by Gasteiger charge is 2.22.